The van der Waals surface area contributed by atoms with Crippen LogP contribution < -0.4 is 6.15 Å². The smallest absolute Gasteiger partial charge is 0.336 e. The van der Waals surface area contributed by atoms with Gasteiger partial charge in [-0.15, -0.1) is 0 Å². The first-order valence-corrected chi connectivity index (χ1v) is 3.20. The Kier molecular flexibility index (Phi) is 8.13. The van der Waals surface area contributed by atoms with Crippen LogP contribution in [-0.2, 0) is 9.53 Å². The van der Waals surface area contributed by atoms with Gasteiger partial charge in [-0.2, -0.15) is 0 Å². The third-order valence-corrected chi connectivity index (χ3v) is 0.953. The summed E-state index contributed by atoms with van der Waals surface area (Å²) in [4.78, 5) is 10.7. The molecular formula is C7H15NO3. The molecule has 0 aliphatic heterocycles. The third-order valence-electron chi connectivity index (χ3n) is 0.953. The second kappa shape index (κ2) is 7.08. The molecule has 0 fully saturated rings. The summed E-state index contributed by atoms with van der Waals surface area (Å²) in [6.07, 6.45) is 1.54. The topological polar surface area (TPSA) is 81.5 Å². The van der Waals surface area contributed by atoms with Gasteiger partial charge in [0.15, 0.2) is 0 Å². The van der Waals surface area contributed by atoms with Gasteiger partial charge in [-0.05, 0) is 13.3 Å². The number of ether oxygens (including phenoxy) is 1. The Morgan fingerprint density at radius 3 is 2.55 bits per heavy atom. The number of esters is 1. The minimum Gasteiger partial charge on any atom is -0.515 e. The Labute approximate surface area is 66.4 Å². The molecule has 0 aromatic rings. The Hall–Kier alpha value is -1.03. The van der Waals surface area contributed by atoms with Crippen LogP contribution in [0, 0.1) is 0 Å². The number of carbonyl (C=O) groups is 1. The van der Waals surface area contributed by atoms with Crippen LogP contribution >= 0.6 is 0 Å². The highest BCUT2D eigenvalue weighted by molar-refractivity contribution is 5.87. The van der Waals surface area contributed by atoms with E-state index in [2.05, 4.69) is 4.74 Å². The third kappa shape index (κ3) is 5.42. The van der Waals surface area contributed by atoms with E-state index in [1.807, 2.05) is 6.92 Å². The molecule has 0 amide bonds. The van der Waals surface area contributed by atoms with E-state index < -0.39 is 5.97 Å². The summed E-state index contributed by atoms with van der Waals surface area (Å²) in [6, 6.07) is 0. The van der Waals surface area contributed by atoms with E-state index in [0.29, 0.717) is 6.61 Å². The van der Waals surface area contributed by atoms with Crippen molar-refractivity contribution in [2.45, 2.75) is 20.3 Å². The molecule has 4 nitrogen and oxygen atoms in total. The van der Waals surface area contributed by atoms with Gasteiger partial charge < -0.3 is 16.0 Å². The van der Waals surface area contributed by atoms with E-state index in [1.54, 1.807) is 0 Å². The minimum absolute atomic E-state index is 0. The first-order chi connectivity index (χ1) is 4.72. The van der Waals surface area contributed by atoms with Crippen LogP contribution in [0.25, 0.3) is 0 Å². The summed E-state index contributed by atoms with van der Waals surface area (Å²) in [5.41, 5.74) is 0.230. The van der Waals surface area contributed by atoms with Crippen molar-refractivity contribution in [2.24, 2.45) is 0 Å². The van der Waals surface area contributed by atoms with Crippen molar-refractivity contribution in [3.63, 3.8) is 0 Å². The maximum Gasteiger partial charge on any atom is 0.336 e. The molecule has 4 N–H and O–H groups in total. The number of aliphatic hydroxyl groups excluding tert-OH is 1. The molecule has 0 unspecified atom stereocenters. The van der Waals surface area contributed by atoms with Gasteiger partial charge in [0.1, 0.15) is 0 Å². The standard InChI is InChI=1S/C7H12O3.H3N/c1-3-4-10-7(9)6(2)5-8;/h5,8H,3-4H2,1-2H3;1H3. The molecule has 0 spiro atoms. The zero-order chi connectivity index (χ0) is 7.98. The highest BCUT2D eigenvalue weighted by atomic mass is 16.5. The van der Waals surface area contributed by atoms with Crippen LogP contribution in [0.3, 0.4) is 0 Å². The van der Waals surface area contributed by atoms with Crippen LogP contribution in [0.1, 0.15) is 20.3 Å². The average Bonchev–Trinajstić information content (AvgIpc) is 1.98. The molecular weight excluding hydrogens is 146 g/mol. The van der Waals surface area contributed by atoms with Crippen LogP contribution in [0.5, 0.6) is 0 Å². The van der Waals surface area contributed by atoms with Crippen molar-refractivity contribution in [1.82, 2.24) is 6.15 Å². The van der Waals surface area contributed by atoms with Gasteiger partial charge >= 0.3 is 5.97 Å². The van der Waals surface area contributed by atoms with Gasteiger partial charge in [0.25, 0.3) is 0 Å². The van der Waals surface area contributed by atoms with E-state index in [4.69, 9.17) is 5.11 Å². The Morgan fingerprint density at radius 2 is 2.18 bits per heavy atom. The van der Waals surface area contributed by atoms with Gasteiger partial charge in [0, 0.05) is 0 Å². The molecule has 0 radical (unpaired) electrons. The van der Waals surface area contributed by atoms with Crippen molar-refractivity contribution in [2.75, 3.05) is 6.61 Å². The summed E-state index contributed by atoms with van der Waals surface area (Å²) in [6.45, 7) is 3.81. The van der Waals surface area contributed by atoms with E-state index in [0.717, 1.165) is 12.7 Å². The number of hydrogen-bond acceptors (Lipinski definition) is 4. The zero-order valence-corrected chi connectivity index (χ0v) is 6.96. The van der Waals surface area contributed by atoms with Crippen molar-refractivity contribution >= 4 is 5.97 Å². The van der Waals surface area contributed by atoms with Crippen molar-refractivity contribution in [1.29, 1.82) is 0 Å². The molecule has 0 aliphatic rings. The maximum atomic E-state index is 10.7. The Morgan fingerprint density at radius 1 is 1.64 bits per heavy atom. The minimum atomic E-state index is -0.454. The molecule has 66 valence electrons. The van der Waals surface area contributed by atoms with E-state index in [1.165, 1.54) is 6.92 Å². The maximum absolute atomic E-state index is 10.7. The lowest BCUT2D eigenvalue weighted by Crippen LogP contribution is -2.06. The summed E-state index contributed by atoms with van der Waals surface area (Å²) >= 11 is 0. The van der Waals surface area contributed by atoms with Crippen LogP contribution in [0.15, 0.2) is 11.8 Å². The predicted octanol–water partition coefficient (Wildman–Crippen LogP) is 1.56. The molecule has 0 aliphatic carbocycles. The number of aliphatic hydroxyl groups is 1. The van der Waals surface area contributed by atoms with Crippen LogP contribution in [0.2, 0.25) is 0 Å². The summed E-state index contributed by atoms with van der Waals surface area (Å²) in [5, 5.41) is 8.34. The number of rotatable bonds is 3. The molecule has 0 atom stereocenters. The molecule has 0 rings (SSSR count). The summed E-state index contributed by atoms with van der Waals surface area (Å²) in [7, 11) is 0. The van der Waals surface area contributed by atoms with Crippen LogP contribution in [0.4, 0.5) is 0 Å². The monoisotopic (exact) mass is 161 g/mol. The van der Waals surface area contributed by atoms with Crippen molar-refractivity contribution < 1.29 is 14.6 Å². The largest absolute Gasteiger partial charge is 0.515 e. The lowest BCUT2D eigenvalue weighted by Gasteiger charge is -2.00. The number of carbonyl (C=O) groups excluding carboxylic acids is 1. The summed E-state index contributed by atoms with van der Waals surface area (Å²) in [5.74, 6) is -0.454. The molecule has 11 heavy (non-hydrogen) atoms. The van der Waals surface area contributed by atoms with Crippen LogP contribution in [-0.4, -0.2) is 17.7 Å². The molecule has 0 aromatic heterocycles. The first-order valence-electron chi connectivity index (χ1n) is 3.20. The lowest BCUT2D eigenvalue weighted by molar-refractivity contribution is -0.139. The second-order valence-electron chi connectivity index (χ2n) is 1.95. The highest BCUT2D eigenvalue weighted by Crippen LogP contribution is 1.94. The fourth-order valence-corrected chi connectivity index (χ4v) is 0.361. The zero-order valence-electron chi connectivity index (χ0n) is 6.96. The van der Waals surface area contributed by atoms with E-state index >= 15 is 0 Å². The molecule has 0 saturated carbocycles. The molecule has 0 bridgehead atoms. The number of hydrogen-bond donors (Lipinski definition) is 2. The molecule has 4 heteroatoms. The second-order valence-corrected chi connectivity index (χ2v) is 1.95. The fourth-order valence-electron chi connectivity index (χ4n) is 0.361. The van der Waals surface area contributed by atoms with Crippen molar-refractivity contribution in [3.05, 3.63) is 11.8 Å². The normalized spacial score (nSPS) is 10.2. The van der Waals surface area contributed by atoms with Gasteiger partial charge in [-0.1, -0.05) is 6.92 Å². The predicted molar refractivity (Wildman–Crippen MR) is 42.7 cm³/mol. The average molecular weight is 161 g/mol. The SMILES string of the molecule is CCCOC(=O)C(C)=CO.N. The summed E-state index contributed by atoms with van der Waals surface area (Å²) < 4.78 is 4.68. The first kappa shape index (κ1) is 12.6. The van der Waals surface area contributed by atoms with Gasteiger partial charge in [-0.25, -0.2) is 4.79 Å². The van der Waals surface area contributed by atoms with E-state index in [-0.39, 0.29) is 11.7 Å². The van der Waals surface area contributed by atoms with Gasteiger partial charge in [0.2, 0.25) is 0 Å². The van der Waals surface area contributed by atoms with E-state index in [9.17, 15) is 4.79 Å². The molecule has 0 heterocycles. The van der Waals surface area contributed by atoms with Gasteiger partial charge in [0.05, 0.1) is 18.4 Å². The lowest BCUT2D eigenvalue weighted by atomic mass is 10.3. The van der Waals surface area contributed by atoms with Gasteiger partial charge in [-0.3, -0.25) is 0 Å². The Bertz CT molecular complexity index is 143. The molecule has 0 aromatic carbocycles. The Balaban J connectivity index is 0. The van der Waals surface area contributed by atoms with Crippen molar-refractivity contribution in [3.8, 4) is 0 Å². The quantitative estimate of drug-likeness (QED) is 0.374. The highest BCUT2D eigenvalue weighted by Gasteiger charge is 2.02. The molecule has 0 saturated heterocycles. The fraction of sp³-hybridized carbons (Fsp3) is 0.571.